The van der Waals surface area contributed by atoms with Crippen molar-refractivity contribution in [3.63, 3.8) is 0 Å². The summed E-state index contributed by atoms with van der Waals surface area (Å²) in [5.41, 5.74) is 8.16. The Morgan fingerprint density at radius 3 is 3.09 bits per heavy atom. The second-order valence-electron chi connectivity index (χ2n) is 2.96. The highest BCUT2D eigenvalue weighted by molar-refractivity contribution is 5.02. The number of aliphatic hydroxyl groups is 1. The Balaban J connectivity index is 2.57. The summed E-state index contributed by atoms with van der Waals surface area (Å²) < 4.78 is 0. The molecule has 2 atom stereocenters. The molecule has 1 fully saturated rings. The molecule has 1 rings (SSSR count). The van der Waals surface area contributed by atoms with Crippen molar-refractivity contribution in [3.05, 3.63) is 16.4 Å². The molecule has 61 valence electrons. The molecule has 11 heavy (non-hydrogen) atoms. The summed E-state index contributed by atoms with van der Waals surface area (Å²) in [6.45, 7) is 1.91. The third-order valence-electron chi connectivity index (χ3n) is 2.14. The van der Waals surface area contributed by atoms with Crippen LogP contribution in [0.3, 0.4) is 0 Å². The summed E-state index contributed by atoms with van der Waals surface area (Å²) >= 11 is 0. The summed E-state index contributed by atoms with van der Waals surface area (Å²) in [5, 5.41) is 13.0. The van der Waals surface area contributed by atoms with Crippen LogP contribution >= 0.6 is 0 Å². The van der Waals surface area contributed by atoms with Crippen molar-refractivity contribution in [1.29, 1.82) is 0 Å². The van der Waals surface area contributed by atoms with Crippen LogP contribution in [0, 0.1) is 5.92 Å². The van der Waals surface area contributed by atoms with Crippen molar-refractivity contribution in [3.8, 4) is 0 Å². The summed E-state index contributed by atoms with van der Waals surface area (Å²) in [6, 6.07) is -0.228. The lowest BCUT2D eigenvalue weighted by molar-refractivity contribution is 0.130. The smallest absolute Gasteiger partial charge is 0.0684 e. The van der Waals surface area contributed by atoms with Gasteiger partial charge >= 0.3 is 0 Å². The van der Waals surface area contributed by atoms with E-state index in [2.05, 4.69) is 10.0 Å². The highest BCUT2D eigenvalue weighted by atomic mass is 16.3. The van der Waals surface area contributed by atoms with Gasteiger partial charge in [-0.2, -0.15) is 0 Å². The molecule has 1 N–H and O–H groups in total. The van der Waals surface area contributed by atoms with Crippen molar-refractivity contribution in [2.24, 2.45) is 5.11 Å². The average Bonchev–Trinajstić information content (AvgIpc) is 1.99. The van der Waals surface area contributed by atoms with E-state index in [0.29, 0.717) is 0 Å². The van der Waals surface area contributed by atoms with Gasteiger partial charge in [-0.25, -0.2) is 0 Å². The largest absolute Gasteiger partial charge is 0.392 e. The normalized spacial score (nSPS) is 32.9. The molecule has 0 amide bonds. The fourth-order valence-corrected chi connectivity index (χ4v) is 1.41. The fourth-order valence-electron chi connectivity index (χ4n) is 1.41. The molecule has 0 bridgehead atoms. The van der Waals surface area contributed by atoms with E-state index in [9.17, 15) is 5.11 Å². The van der Waals surface area contributed by atoms with Crippen molar-refractivity contribution >= 4 is 0 Å². The van der Waals surface area contributed by atoms with Crippen molar-refractivity contribution in [2.45, 2.75) is 38.3 Å². The van der Waals surface area contributed by atoms with E-state index in [1.54, 1.807) is 0 Å². The van der Waals surface area contributed by atoms with Gasteiger partial charge in [0.25, 0.3) is 0 Å². The molecule has 0 saturated heterocycles. The van der Waals surface area contributed by atoms with E-state index in [0.717, 1.165) is 25.2 Å². The minimum Gasteiger partial charge on any atom is -0.392 e. The van der Waals surface area contributed by atoms with Gasteiger partial charge in [-0.1, -0.05) is 18.5 Å². The van der Waals surface area contributed by atoms with E-state index in [4.69, 9.17) is 5.53 Å². The maximum absolute atomic E-state index is 9.47. The highest BCUT2D eigenvalue weighted by Gasteiger charge is 2.28. The summed E-state index contributed by atoms with van der Waals surface area (Å²) in [6.07, 6.45) is 2.27. The van der Waals surface area contributed by atoms with E-state index >= 15 is 0 Å². The van der Waals surface area contributed by atoms with Gasteiger partial charge in [0.15, 0.2) is 0 Å². The zero-order chi connectivity index (χ0) is 8.27. The van der Waals surface area contributed by atoms with Crippen LogP contribution in [0.2, 0.25) is 0 Å². The molecular weight excluding hydrogens is 142 g/mol. The van der Waals surface area contributed by atoms with Gasteiger partial charge in [0, 0.05) is 10.8 Å². The van der Waals surface area contributed by atoms with Crippen LogP contribution in [-0.2, 0) is 0 Å². The Morgan fingerprint density at radius 1 is 1.73 bits per heavy atom. The van der Waals surface area contributed by atoms with Crippen LogP contribution in [0.4, 0.5) is 0 Å². The summed E-state index contributed by atoms with van der Waals surface area (Å²) in [4.78, 5) is 2.70. The first-order valence-electron chi connectivity index (χ1n) is 3.80. The Labute approximate surface area is 65.9 Å². The molecule has 4 heteroatoms. The molecule has 0 heterocycles. The predicted molar refractivity (Wildman–Crippen MR) is 41.7 cm³/mol. The molecule has 1 aliphatic rings. The van der Waals surface area contributed by atoms with Crippen LogP contribution in [0.25, 0.3) is 10.4 Å². The zero-order valence-corrected chi connectivity index (χ0v) is 6.56. The molecule has 0 spiro atoms. The Hall–Kier alpha value is -0.730. The third kappa shape index (κ3) is 1.85. The van der Waals surface area contributed by atoms with E-state index < -0.39 is 6.10 Å². The molecule has 1 radical (unpaired) electrons. The number of aliphatic hydroxyl groups excluding tert-OH is 1. The third-order valence-corrected chi connectivity index (χ3v) is 2.14. The second kappa shape index (κ2) is 3.60. The first-order chi connectivity index (χ1) is 5.25. The minimum absolute atomic E-state index is 0.228. The zero-order valence-electron chi connectivity index (χ0n) is 6.56. The van der Waals surface area contributed by atoms with Gasteiger partial charge in [0.05, 0.1) is 12.1 Å². The van der Waals surface area contributed by atoms with Crippen molar-refractivity contribution in [2.75, 3.05) is 0 Å². The highest BCUT2D eigenvalue weighted by Crippen LogP contribution is 2.27. The lowest BCUT2D eigenvalue weighted by Gasteiger charge is -2.28. The van der Waals surface area contributed by atoms with Crippen LogP contribution in [0.1, 0.15) is 26.2 Å². The molecule has 2 unspecified atom stereocenters. The number of hydrogen-bond acceptors (Lipinski definition) is 2. The minimum atomic E-state index is -0.514. The maximum Gasteiger partial charge on any atom is 0.0684 e. The maximum atomic E-state index is 9.47. The number of rotatable bonds is 1. The fraction of sp³-hybridized carbons (Fsp3) is 0.857. The standard InChI is InChI=1S/C7H12N3O/c1-5-3-2-4-6(7(5)11)9-10-8/h6-7,11H,2-4H2,1H3. The molecular formula is C7H12N3O. The average molecular weight is 154 g/mol. The SMILES string of the molecule is C[C]1CCCC(N=[N+]=[N-])C1O. The van der Waals surface area contributed by atoms with E-state index in [1.165, 1.54) is 0 Å². The number of hydrogen-bond donors (Lipinski definition) is 1. The Kier molecular flexibility index (Phi) is 2.74. The number of nitrogens with zero attached hydrogens (tertiary/aromatic N) is 3. The Bertz CT molecular complexity index is 177. The lowest BCUT2D eigenvalue weighted by Crippen LogP contribution is -2.33. The van der Waals surface area contributed by atoms with Crippen LogP contribution in [0.5, 0.6) is 0 Å². The predicted octanol–water partition coefficient (Wildman–Crippen LogP) is 1.80. The first kappa shape index (κ1) is 8.37. The number of azide groups is 1. The van der Waals surface area contributed by atoms with Crippen molar-refractivity contribution in [1.82, 2.24) is 0 Å². The van der Waals surface area contributed by atoms with Crippen LogP contribution < -0.4 is 0 Å². The lowest BCUT2D eigenvalue weighted by atomic mass is 9.85. The van der Waals surface area contributed by atoms with Gasteiger partial charge in [-0.05, 0) is 18.4 Å². The van der Waals surface area contributed by atoms with Gasteiger partial charge in [0.2, 0.25) is 0 Å². The van der Waals surface area contributed by atoms with Crippen molar-refractivity contribution < 1.29 is 5.11 Å². The van der Waals surface area contributed by atoms with E-state index in [-0.39, 0.29) is 6.04 Å². The van der Waals surface area contributed by atoms with Gasteiger partial charge in [0.1, 0.15) is 0 Å². The molecule has 0 aromatic carbocycles. The first-order valence-corrected chi connectivity index (χ1v) is 3.80. The monoisotopic (exact) mass is 154 g/mol. The summed E-state index contributed by atoms with van der Waals surface area (Å²) in [5.74, 6) is 1.04. The topological polar surface area (TPSA) is 69.0 Å². The molecule has 0 aliphatic heterocycles. The second-order valence-corrected chi connectivity index (χ2v) is 2.96. The molecule has 0 aromatic rings. The molecule has 0 aromatic heterocycles. The summed E-state index contributed by atoms with van der Waals surface area (Å²) in [7, 11) is 0. The van der Waals surface area contributed by atoms with Gasteiger partial charge in [-0.3, -0.25) is 0 Å². The van der Waals surface area contributed by atoms with Gasteiger partial charge in [-0.15, -0.1) is 0 Å². The van der Waals surface area contributed by atoms with Gasteiger partial charge < -0.3 is 5.11 Å². The molecule has 1 aliphatic carbocycles. The quantitative estimate of drug-likeness (QED) is 0.349. The van der Waals surface area contributed by atoms with E-state index in [1.807, 2.05) is 6.92 Å². The Morgan fingerprint density at radius 2 is 2.45 bits per heavy atom. The molecule has 1 saturated carbocycles. The van der Waals surface area contributed by atoms with Crippen LogP contribution in [0.15, 0.2) is 5.11 Å². The van der Waals surface area contributed by atoms with Crippen LogP contribution in [-0.4, -0.2) is 17.3 Å². The molecule has 4 nitrogen and oxygen atoms in total.